The Hall–Kier alpha value is -2.33. The summed E-state index contributed by atoms with van der Waals surface area (Å²) < 4.78 is 5.13. The van der Waals surface area contributed by atoms with Crippen LogP contribution in [0.15, 0.2) is 48.5 Å². The van der Waals surface area contributed by atoms with Crippen LogP contribution in [0.5, 0.6) is 0 Å². The quantitative estimate of drug-likeness (QED) is 0.890. The number of amides is 1. The average molecular weight is 299 g/mol. The van der Waals surface area contributed by atoms with Crippen LogP contribution in [-0.4, -0.2) is 17.8 Å². The highest BCUT2D eigenvalue weighted by Crippen LogP contribution is 2.27. The van der Waals surface area contributed by atoms with E-state index in [9.17, 15) is 4.79 Å². The highest BCUT2D eigenvalue weighted by atomic mass is 16.6. The molecule has 0 bridgehead atoms. The van der Waals surface area contributed by atoms with Crippen molar-refractivity contribution < 1.29 is 14.6 Å². The maximum atomic E-state index is 10.9. The molecule has 2 aromatic rings. The van der Waals surface area contributed by atoms with Gasteiger partial charge in [-0.25, -0.2) is 4.79 Å². The van der Waals surface area contributed by atoms with E-state index in [1.165, 1.54) is 0 Å². The molecule has 0 heterocycles. The second-order valence-electron chi connectivity index (χ2n) is 5.68. The van der Waals surface area contributed by atoms with E-state index in [0.717, 1.165) is 22.3 Å². The number of aliphatic hydroxyl groups excluding tert-OH is 1. The van der Waals surface area contributed by atoms with Crippen molar-refractivity contribution in [3.8, 4) is 11.1 Å². The predicted octanol–water partition coefficient (Wildman–Crippen LogP) is 3.22. The van der Waals surface area contributed by atoms with Gasteiger partial charge >= 0.3 is 6.09 Å². The molecule has 0 saturated carbocycles. The second-order valence-corrected chi connectivity index (χ2v) is 5.68. The molecule has 0 atom stereocenters. The van der Waals surface area contributed by atoms with Gasteiger partial charge in [0, 0.05) is 6.61 Å². The molecule has 2 aromatic carbocycles. The zero-order valence-corrected chi connectivity index (χ0v) is 12.9. The molecule has 0 fully saturated rings. The van der Waals surface area contributed by atoms with Crippen molar-refractivity contribution in [3.63, 3.8) is 0 Å². The summed E-state index contributed by atoms with van der Waals surface area (Å²) in [4.78, 5) is 10.9. The standard InChI is InChI=1S/C18H21NO3/c1-18(2,22-17(19)21)16-9-7-15(8-10-16)14-5-3-13(4-6-14)11-12-20/h3-10,20H,11-12H2,1-2H3,(H2,19,21). The Morgan fingerprint density at radius 1 is 1.05 bits per heavy atom. The van der Waals surface area contributed by atoms with Gasteiger partial charge in [-0.3, -0.25) is 0 Å². The van der Waals surface area contributed by atoms with E-state index in [2.05, 4.69) is 0 Å². The maximum absolute atomic E-state index is 10.9. The van der Waals surface area contributed by atoms with Crippen LogP contribution in [0, 0.1) is 0 Å². The number of benzene rings is 2. The lowest BCUT2D eigenvalue weighted by Gasteiger charge is -2.24. The molecule has 0 spiro atoms. The highest BCUT2D eigenvalue weighted by Gasteiger charge is 2.24. The molecule has 0 saturated heterocycles. The maximum Gasteiger partial charge on any atom is 0.405 e. The van der Waals surface area contributed by atoms with Crippen molar-refractivity contribution in [2.75, 3.05) is 6.61 Å². The fraction of sp³-hybridized carbons (Fsp3) is 0.278. The van der Waals surface area contributed by atoms with Crippen molar-refractivity contribution in [3.05, 3.63) is 59.7 Å². The Kier molecular flexibility index (Phi) is 4.83. The van der Waals surface area contributed by atoms with E-state index < -0.39 is 11.7 Å². The highest BCUT2D eigenvalue weighted by molar-refractivity contribution is 5.66. The molecule has 3 N–H and O–H groups in total. The molecule has 4 heteroatoms. The van der Waals surface area contributed by atoms with E-state index in [1.807, 2.05) is 48.5 Å². The minimum absolute atomic E-state index is 0.156. The van der Waals surface area contributed by atoms with Crippen LogP contribution in [0.4, 0.5) is 4.79 Å². The lowest BCUT2D eigenvalue weighted by molar-refractivity contribution is 0.0432. The molecule has 0 aliphatic rings. The predicted molar refractivity (Wildman–Crippen MR) is 86.4 cm³/mol. The van der Waals surface area contributed by atoms with Crippen LogP contribution in [0.2, 0.25) is 0 Å². The third kappa shape index (κ3) is 3.86. The number of hydrogen-bond acceptors (Lipinski definition) is 3. The first-order valence-electron chi connectivity index (χ1n) is 7.21. The summed E-state index contributed by atoms with van der Waals surface area (Å²) in [6.07, 6.45) is -0.119. The normalized spacial score (nSPS) is 11.2. The van der Waals surface area contributed by atoms with Gasteiger partial charge in [0.2, 0.25) is 0 Å². The Labute approximate surface area is 130 Å². The molecule has 0 aliphatic heterocycles. The fourth-order valence-electron chi connectivity index (χ4n) is 2.37. The third-order valence-corrected chi connectivity index (χ3v) is 3.62. The summed E-state index contributed by atoms with van der Waals surface area (Å²) in [6, 6.07) is 15.9. The van der Waals surface area contributed by atoms with Crippen molar-refractivity contribution in [2.24, 2.45) is 5.73 Å². The molecular formula is C18H21NO3. The molecular weight excluding hydrogens is 278 g/mol. The molecule has 0 unspecified atom stereocenters. The number of carbonyl (C=O) groups excluding carboxylic acids is 1. The van der Waals surface area contributed by atoms with Crippen LogP contribution in [0.3, 0.4) is 0 Å². The Morgan fingerprint density at radius 3 is 2.00 bits per heavy atom. The van der Waals surface area contributed by atoms with Crippen molar-refractivity contribution >= 4 is 6.09 Å². The lowest BCUT2D eigenvalue weighted by atomic mass is 9.95. The monoisotopic (exact) mass is 299 g/mol. The van der Waals surface area contributed by atoms with Crippen molar-refractivity contribution in [2.45, 2.75) is 25.9 Å². The topological polar surface area (TPSA) is 72.5 Å². The van der Waals surface area contributed by atoms with Gasteiger partial charge in [-0.1, -0.05) is 48.5 Å². The summed E-state index contributed by atoms with van der Waals surface area (Å²) in [6.45, 7) is 3.76. The van der Waals surface area contributed by atoms with Crippen molar-refractivity contribution in [1.82, 2.24) is 0 Å². The molecule has 116 valence electrons. The molecule has 4 nitrogen and oxygen atoms in total. The van der Waals surface area contributed by atoms with E-state index in [4.69, 9.17) is 15.6 Å². The SMILES string of the molecule is CC(C)(OC(N)=O)c1ccc(-c2ccc(CCO)cc2)cc1. The zero-order valence-electron chi connectivity index (χ0n) is 12.9. The number of hydrogen-bond donors (Lipinski definition) is 2. The average Bonchev–Trinajstić information content (AvgIpc) is 2.47. The van der Waals surface area contributed by atoms with Gasteiger partial charge in [0.05, 0.1) is 0 Å². The lowest BCUT2D eigenvalue weighted by Crippen LogP contribution is -2.28. The van der Waals surface area contributed by atoms with Crippen LogP contribution < -0.4 is 5.73 Å². The van der Waals surface area contributed by atoms with Crippen LogP contribution in [-0.2, 0) is 16.8 Å². The van der Waals surface area contributed by atoms with Crippen LogP contribution in [0.1, 0.15) is 25.0 Å². The zero-order chi connectivity index (χ0) is 16.2. The van der Waals surface area contributed by atoms with Gasteiger partial charge in [-0.2, -0.15) is 0 Å². The number of carbonyl (C=O) groups is 1. The smallest absolute Gasteiger partial charge is 0.405 e. The molecule has 0 aliphatic carbocycles. The van der Waals surface area contributed by atoms with Crippen LogP contribution >= 0.6 is 0 Å². The van der Waals surface area contributed by atoms with Gasteiger partial charge in [-0.15, -0.1) is 0 Å². The number of rotatable bonds is 5. The summed E-state index contributed by atoms with van der Waals surface area (Å²) in [5.41, 5.74) is 8.51. The first-order chi connectivity index (χ1) is 10.4. The van der Waals surface area contributed by atoms with E-state index in [0.29, 0.717) is 6.42 Å². The third-order valence-electron chi connectivity index (χ3n) is 3.62. The number of aliphatic hydroxyl groups is 1. The van der Waals surface area contributed by atoms with E-state index >= 15 is 0 Å². The van der Waals surface area contributed by atoms with Gasteiger partial charge < -0.3 is 15.6 Å². The van der Waals surface area contributed by atoms with Crippen LogP contribution in [0.25, 0.3) is 11.1 Å². The number of primary amides is 1. The minimum Gasteiger partial charge on any atom is -0.439 e. The summed E-state index contributed by atoms with van der Waals surface area (Å²) in [7, 11) is 0. The largest absolute Gasteiger partial charge is 0.439 e. The molecule has 2 rings (SSSR count). The summed E-state index contributed by atoms with van der Waals surface area (Å²) >= 11 is 0. The van der Waals surface area contributed by atoms with E-state index in [-0.39, 0.29) is 6.61 Å². The molecule has 0 aromatic heterocycles. The van der Waals surface area contributed by atoms with Gasteiger partial charge in [-0.05, 0) is 42.5 Å². The Bertz CT molecular complexity index is 630. The summed E-state index contributed by atoms with van der Waals surface area (Å²) in [5.74, 6) is 0. The Morgan fingerprint density at radius 2 is 1.55 bits per heavy atom. The molecule has 22 heavy (non-hydrogen) atoms. The summed E-state index contributed by atoms with van der Waals surface area (Å²) in [5, 5.41) is 8.93. The number of ether oxygens (including phenoxy) is 1. The first kappa shape index (κ1) is 16.0. The Balaban J connectivity index is 2.19. The first-order valence-corrected chi connectivity index (χ1v) is 7.21. The number of nitrogens with two attached hydrogens (primary N) is 1. The second kappa shape index (κ2) is 6.62. The van der Waals surface area contributed by atoms with Gasteiger partial charge in [0.25, 0.3) is 0 Å². The van der Waals surface area contributed by atoms with Gasteiger partial charge in [0.15, 0.2) is 0 Å². The van der Waals surface area contributed by atoms with Gasteiger partial charge in [0.1, 0.15) is 5.60 Å². The van der Waals surface area contributed by atoms with E-state index in [1.54, 1.807) is 13.8 Å². The fourth-order valence-corrected chi connectivity index (χ4v) is 2.37. The molecule has 1 amide bonds. The molecule has 0 radical (unpaired) electrons. The van der Waals surface area contributed by atoms with Crippen molar-refractivity contribution in [1.29, 1.82) is 0 Å². The minimum atomic E-state index is -0.784.